The molecule has 4 heterocycles. The summed E-state index contributed by atoms with van der Waals surface area (Å²) in [5, 5.41) is 35.5. The van der Waals surface area contributed by atoms with Crippen LogP contribution in [-0.4, -0.2) is 110 Å². The number of para-hydroxylation sites is 1. The molecule has 14 heteroatoms. The normalized spacial score (nSPS) is 18.8. The minimum Gasteiger partial charge on any atom is -0.507 e. The van der Waals surface area contributed by atoms with E-state index >= 15 is 0 Å². The van der Waals surface area contributed by atoms with Crippen LogP contribution in [0.25, 0.3) is 32.8 Å². The number of nitrogens with one attached hydrogen (secondary N) is 2. The number of carbonyl (C=O) groups is 3. The molecular weight excluding hydrogens is 777 g/mol. The second kappa shape index (κ2) is 17.9. The van der Waals surface area contributed by atoms with E-state index in [1.165, 1.54) is 4.90 Å². The zero-order valence-corrected chi connectivity index (χ0v) is 35.8. The number of benzene rings is 3. The van der Waals surface area contributed by atoms with Gasteiger partial charge in [-0.2, -0.15) is 10.2 Å². The average Bonchev–Trinajstić information content (AvgIpc) is 3.87. The summed E-state index contributed by atoms with van der Waals surface area (Å²) in [6, 6.07) is 22.6. The summed E-state index contributed by atoms with van der Waals surface area (Å²) in [5.41, 5.74) is 8.25. The molecule has 0 aliphatic carbocycles. The number of rotatable bonds is 11. The Morgan fingerprint density at radius 2 is 1.57 bits per heavy atom. The van der Waals surface area contributed by atoms with Crippen LogP contribution in [0.1, 0.15) is 58.3 Å². The molecule has 2 fully saturated rings. The maximum atomic E-state index is 14.3. The number of piperazine rings is 1. The van der Waals surface area contributed by atoms with Gasteiger partial charge in [0.05, 0.1) is 46.2 Å². The number of likely N-dealkylation sites (tertiary alicyclic amines) is 1. The number of amides is 3. The lowest BCUT2D eigenvalue weighted by Gasteiger charge is -2.40. The van der Waals surface area contributed by atoms with Gasteiger partial charge in [-0.05, 0) is 73.2 Å². The van der Waals surface area contributed by atoms with Gasteiger partial charge in [-0.1, -0.05) is 69.3 Å². The Morgan fingerprint density at radius 1 is 0.883 bits per heavy atom. The number of hydrogen-bond acceptors (Lipinski definition) is 11. The number of anilines is 1. The first-order valence-electron chi connectivity index (χ1n) is 20.5. The zero-order valence-electron chi connectivity index (χ0n) is 35.0. The van der Waals surface area contributed by atoms with Crippen molar-refractivity contribution in [3.05, 3.63) is 102 Å². The minimum absolute atomic E-state index is 0.00780. The maximum absolute atomic E-state index is 14.3. The SMILES string of the molecule is Cc1ncsc1-c1ccc([C@H](C)NC(=O)[C@@H]2C[C@@H](O)CN2C(=O)[C@@H](NC(=O)C(C)N2CCN(c3ccc(-c4cnnc(-c5ccccc5O)c4)cc3)CC2)C(C)(C)C)cc1. The molecule has 2 saturated heterocycles. The van der Waals surface area contributed by atoms with E-state index in [2.05, 4.69) is 47.7 Å². The van der Waals surface area contributed by atoms with Crippen molar-refractivity contribution < 1.29 is 24.6 Å². The highest BCUT2D eigenvalue weighted by Crippen LogP contribution is 2.32. The first-order chi connectivity index (χ1) is 28.7. The van der Waals surface area contributed by atoms with Crippen molar-refractivity contribution >= 4 is 34.7 Å². The summed E-state index contributed by atoms with van der Waals surface area (Å²) in [6.45, 7) is 14.1. The number of aromatic hydroxyl groups is 1. The summed E-state index contributed by atoms with van der Waals surface area (Å²) < 4.78 is 0. The van der Waals surface area contributed by atoms with Crippen LogP contribution in [0.5, 0.6) is 5.75 Å². The van der Waals surface area contributed by atoms with Gasteiger partial charge in [0.15, 0.2) is 0 Å². The second-order valence-electron chi connectivity index (χ2n) is 16.9. The largest absolute Gasteiger partial charge is 0.507 e. The molecule has 0 bridgehead atoms. The van der Waals surface area contributed by atoms with Crippen LogP contribution >= 0.6 is 11.3 Å². The first kappa shape index (κ1) is 42.4. The fraction of sp³-hybridized carbons (Fsp3) is 0.391. The summed E-state index contributed by atoms with van der Waals surface area (Å²) in [5.74, 6) is -0.844. The molecule has 0 saturated carbocycles. The Kier molecular flexibility index (Phi) is 12.6. The highest BCUT2D eigenvalue weighted by atomic mass is 32.1. The van der Waals surface area contributed by atoms with Crippen LogP contribution in [-0.2, 0) is 14.4 Å². The topological polar surface area (TPSA) is 164 Å². The van der Waals surface area contributed by atoms with Crippen LogP contribution in [0.2, 0.25) is 0 Å². The number of aliphatic hydroxyl groups is 1. The number of hydrogen-bond donors (Lipinski definition) is 4. The highest BCUT2D eigenvalue weighted by Gasteiger charge is 2.45. The van der Waals surface area contributed by atoms with Gasteiger partial charge in [0.1, 0.15) is 17.8 Å². The average molecular weight is 831 g/mol. The zero-order chi connectivity index (χ0) is 42.7. The molecule has 3 amide bonds. The number of nitrogens with zero attached hydrogens (tertiary/aromatic N) is 6. The predicted octanol–water partition coefficient (Wildman–Crippen LogP) is 5.83. The van der Waals surface area contributed by atoms with Gasteiger partial charge in [-0.25, -0.2) is 4.98 Å². The number of aryl methyl sites for hydroxylation is 1. The molecule has 13 nitrogen and oxygen atoms in total. The van der Waals surface area contributed by atoms with Crippen LogP contribution in [0.15, 0.2) is 90.6 Å². The van der Waals surface area contributed by atoms with E-state index in [0.717, 1.165) is 38.5 Å². The molecule has 5 aromatic rings. The van der Waals surface area contributed by atoms with Gasteiger partial charge in [0.2, 0.25) is 17.7 Å². The molecule has 3 aromatic carbocycles. The number of carbonyl (C=O) groups excluding carboxylic acids is 3. The molecule has 2 aliphatic rings. The molecule has 4 N–H and O–H groups in total. The van der Waals surface area contributed by atoms with Gasteiger partial charge < -0.3 is 30.6 Å². The molecule has 5 atom stereocenters. The van der Waals surface area contributed by atoms with Gasteiger partial charge in [0.25, 0.3) is 0 Å². The van der Waals surface area contributed by atoms with Crippen molar-refractivity contribution in [1.29, 1.82) is 0 Å². The molecule has 314 valence electrons. The van der Waals surface area contributed by atoms with Crippen molar-refractivity contribution in [2.24, 2.45) is 5.41 Å². The third-order valence-corrected chi connectivity index (χ3v) is 12.7. The lowest BCUT2D eigenvalue weighted by atomic mass is 9.85. The number of β-amino-alcohol motifs (C(OH)–C–C–N with tert-alkyl or cyclic N) is 1. The highest BCUT2D eigenvalue weighted by molar-refractivity contribution is 7.13. The van der Waals surface area contributed by atoms with Crippen LogP contribution < -0.4 is 15.5 Å². The van der Waals surface area contributed by atoms with Crippen molar-refractivity contribution in [3.63, 3.8) is 0 Å². The molecule has 2 aromatic heterocycles. The van der Waals surface area contributed by atoms with E-state index < -0.39 is 29.6 Å². The maximum Gasteiger partial charge on any atom is 0.246 e. The van der Waals surface area contributed by atoms with E-state index in [-0.39, 0.29) is 42.5 Å². The van der Waals surface area contributed by atoms with Crippen molar-refractivity contribution in [3.8, 4) is 38.6 Å². The summed E-state index contributed by atoms with van der Waals surface area (Å²) in [6.07, 6.45) is 0.961. The van der Waals surface area contributed by atoms with Gasteiger partial charge in [-0.3, -0.25) is 19.3 Å². The number of phenols is 1. The molecular formula is C46H54N8O5S. The van der Waals surface area contributed by atoms with Crippen molar-refractivity contribution in [2.75, 3.05) is 37.6 Å². The third-order valence-electron chi connectivity index (χ3n) is 11.7. The molecule has 0 radical (unpaired) electrons. The number of thiazole rings is 1. The molecule has 0 spiro atoms. The number of aromatic nitrogens is 3. The summed E-state index contributed by atoms with van der Waals surface area (Å²) in [7, 11) is 0. The van der Waals surface area contributed by atoms with E-state index in [0.29, 0.717) is 37.4 Å². The van der Waals surface area contributed by atoms with E-state index in [1.807, 2.05) is 102 Å². The lowest BCUT2D eigenvalue weighted by molar-refractivity contribution is -0.144. The summed E-state index contributed by atoms with van der Waals surface area (Å²) in [4.78, 5) is 53.2. The quantitative estimate of drug-likeness (QED) is 0.127. The monoisotopic (exact) mass is 830 g/mol. The Labute approximate surface area is 355 Å². The second-order valence-corrected chi connectivity index (χ2v) is 17.8. The van der Waals surface area contributed by atoms with Crippen LogP contribution in [0, 0.1) is 12.3 Å². The van der Waals surface area contributed by atoms with Crippen molar-refractivity contribution in [2.45, 2.75) is 78.2 Å². The fourth-order valence-corrected chi connectivity index (χ4v) is 8.83. The first-order valence-corrected chi connectivity index (χ1v) is 21.4. The molecule has 1 unspecified atom stereocenters. The Morgan fingerprint density at radius 3 is 2.22 bits per heavy atom. The third kappa shape index (κ3) is 9.35. The standard InChI is InChI=1S/C46H54N8O5S/c1-28(31-11-13-33(14-12-31)41-29(2)47-27-60-41)49-44(58)39-24-36(55)26-54(39)45(59)42(46(4,5)6)50-43(57)30(3)52-19-21-53(22-20-52)35-17-15-32(16-18-35)34-23-38(51-48-25-34)37-9-7-8-10-40(37)56/h7-18,23,25,27-28,30,36,39,42,55-56H,19-22,24,26H2,1-6H3,(H,49,58)(H,50,57)/t28-,30?,36+,39-,42+/m0/s1. The molecule has 2 aliphatic heterocycles. The van der Waals surface area contributed by atoms with E-state index in [1.54, 1.807) is 29.7 Å². The molecule has 7 rings (SSSR count). The van der Waals surface area contributed by atoms with Crippen LogP contribution in [0.3, 0.4) is 0 Å². The van der Waals surface area contributed by atoms with Gasteiger partial charge in [0, 0.05) is 56.0 Å². The lowest BCUT2D eigenvalue weighted by Crippen LogP contribution is -2.61. The smallest absolute Gasteiger partial charge is 0.246 e. The number of aliphatic hydroxyl groups excluding tert-OH is 1. The minimum atomic E-state index is -0.918. The van der Waals surface area contributed by atoms with E-state index in [4.69, 9.17) is 0 Å². The van der Waals surface area contributed by atoms with Gasteiger partial charge >= 0.3 is 0 Å². The Bertz CT molecular complexity index is 2300. The summed E-state index contributed by atoms with van der Waals surface area (Å²) >= 11 is 1.58. The fourth-order valence-electron chi connectivity index (χ4n) is 8.02. The number of phenolic OH excluding ortho intramolecular Hbond substituents is 1. The van der Waals surface area contributed by atoms with Crippen LogP contribution in [0.4, 0.5) is 5.69 Å². The van der Waals surface area contributed by atoms with Gasteiger partial charge in [-0.15, -0.1) is 11.3 Å². The van der Waals surface area contributed by atoms with Crippen molar-refractivity contribution in [1.82, 2.24) is 35.6 Å². The Hall–Kier alpha value is -5.70. The Balaban J connectivity index is 0.944. The predicted molar refractivity (Wildman–Crippen MR) is 234 cm³/mol. The van der Waals surface area contributed by atoms with E-state index in [9.17, 15) is 24.6 Å². The molecule has 60 heavy (non-hydrogen) atoms.